The monoisotopic (exact) mass is 613 g/mol. The number of carbonyl (C=O) groups is 2. The predicted molar refractivity (Wildman–Crippen MR) is 151 cm³/mol. The van der Waals surface area contributed by atoms with Crippen molar-refractivity contribution in [3.05, 3.63) is 63.6 Å². The molecule has 230 valence electrons. The average Bonchev–Trinajstić information content (AvgIpc) is 3.13. The van der Waals surface area contributed by atoms with Crippen molar-refractivity contribution in [2.24, 2.45) is 0 Å². The summed E-state index contributed by atoms with van der Waals surface area (Å²) in [4.78, 5) is 27.2. The van der Waals surface area contributed by atoms with Crippen LogP contribution in [-0.4, -0.2) is 65.1 Å². The second-order valence-electron chi connectivity index (χ2n) is 9.67. The highest BCUT2D eigenvalue weighted by Gasteiger charge is 2.38. The van der Waals surface area contributed by atoms with Crippen molar-refractivity contribution in [3.8, 4) is 0 Å². The Bertz CT molecular complexity index is 1560. The van der Waals surface area contributed by atoms with Crippen LogP contribution in [0.1, 0.15) is 50.9 Å². The van der Waals surface area contributed by atoms with E-state index in [9.17, 15) is 31.5 Å². The van der Waals surface area contributed by atoms with E-state index in [0.29, 0.717) is 24.1 Å². The molecule has 0 amide bonds. The van der Waals surface area contributed by atoms with E-state index in [1.165, 1.54) is 12.3 Å². The molecule has 15 heteroatoms. The summed E-state index contributed by atoms with van der Waals surface area (Å²) in [6.45, 7) is 12.7. The van der Waals surface area contributed by atoms with E-state index < -0.39 is 28.1 Å². The summed E-state index contributed by atoms with van der Waals surface area (Å²) in [5, 5.41) is 21.5. The highest BCUT2D eigenvalue weighted by Crippen LogP contribution is 2.27. The number of hydrogen-bond donors (Lipinski definition) is 3. The molecule has 0 aliphatic rings. The lowest BCUT2D eigenvalue weighted by Crippen LogP contribution is -2.25. The van der Waals surface area contributed by atoms with Gasteiger partial charge in [0.25, 0.3) is 10.0 Å². The van der Waals surface area contributed by atoms with Crippen LogP contribution in [0.5, 0.6) is 0 Å². The van der Waals surface area contributed by atoms with E-state index in [0.717, 1.165) is 29.1 Å². The molecule has 42 heavy (non-hydrogen) atoms. The van der Waals surface area contributed by atoms with Crippen molar-refractivity contribution in [3.63, 3.8) is 0 Å². The summed E-state index contributed by atoms with van der Waals surface area (Å²) in [7, 11) is -2.16. The van der Waals surface area contributed by atoms with Crippen LogP contribution in [0, 0.1) is 34.6 Å². The van der Waals surface area contributed by atoms with Crippen LogP contribution in [-0.2, 0) is 27.8 Å². The number of likely N-dealkylation sites (N-methyl/N-ethyl adjacent to an activating group) is 1. The van der Waals surface area contributed by atoms with E-state index in [-0.39, 0.29) is 22.0 Å². The van der Waals surface area contributed by atoms with Gasteiger partial charge in [0.15, 0.2) is 0 Å². The third kappa shape index (κ3) is 8.21. The van der Waals surface area contributed by atoms with E-state index in [4.69, 9.17) is 9.90 Å². The molecule has 0 bridgehead atoms. The number of aromatic carboxylic acids is 1. The van der Waals surface area contributed by atoms with Gasteiger partial charge in [0.1, 0.15) is 11.4 Å². The fourth-order valence-electron chi connectivity index (χ4n) is 4.56. The van der Waals surface area contributed by atoms with Crippen molar-refractivity contribution in [1.29, 1.82) is 0 Å². The van der Waals surface area contributed by atoms with Gasteiger partial charge >= 0.3 is 18.1 Å². The molecule has 3 aromatic rings. The third-order valence-electron chi connectivity index (χ3n) is 6.35. The summed E-state index contributed by atoms with van der Waals surface area (Å²) >= 11 is 0. The normalized spacial score (nSPS) is 11.5. The number of halogens is 3. The molecule has 0 saturated carbocycles. The van der Waals surface area contributed by atoms with E-state index in [1.54, 1.807) is 37.9 Å². The quantitative estimate of drug-likeness (QED) is 0.313. The minimum atomic E-state index is -5.08. The summed E-state index contributed by atoms with van der Waals surface area (Å²) in [5.41, 5.74) is 5.39. The standard InChI is InChI=1S/C25H33N5O4S.C2HF3O2/c1-8-30-19(6)21(18(5)27-30)9-10-29(7)24-22(25(31)32)13-20(14-26-24)28-35(33,34)23-16(3)11-15(2)12-17(23)4;3-2(4,5)1(6)7/h11-14,28H,8-10H2,1-7H3,(H,31,32);(H,6,7). The van der Waals surface area contributed by atoms with Crippen LogP contribution >= 0.6 is 0 Å². The van der Waals surface area contributed by atoms with Crippen molar-refractivity contribution in [2.75, 3.05) is 23.2 Å². The summed E-state index contributed by atoms with van der Waals surface area (Å²) in [5.74, 6) is -3.68. The molecule has 0 radical (unpaired) electrons. The van der Waals surface area contributed by atoms with E-state index in [1.807, 2.05) is 32.4 Å². The number of aromatic nitrogens is 3. The molecule has 0 unspecified atom stereocenters. The summed E-state index contributed by atoms with van der Waals surface area (Å²) in [6, 6.07) is 4.91. The van der Waals surface area contributed by atoms with E-state index >= 15 is 0 Å². The number of aryl methyl sites for hydroxylation is 5. The molecule has 0 atom stereocenters. The molecule has 1 aromatic carbocycles. The number of rotatable bonds is 9. The Labute approximate surface area is 242 Å². The number of nitrogens with one attached hydrogen (secondary N) is 1. The number of nitrogens with zero attached hydrogens (tertiary/aromatic N) is 4. The average molecular weight is 614 g/mol. The fraction of sp³-hybridized carbons (Fsp3) is 0.407. The molecule has 11 nitrogen and oxygen atoms in total. The lowest BCUT2D eigenvalue weighted by Gasteiger charge is -2.21. The van der Waals surface area contributed by atoms with Crippen molar-refractivity contribution < 1.29 is 41.4 Å². The smallest absolute Gasteiger partial charge is 0.478 e. The first-order valence-electron chi connectivity index (χ1n) is 12.7. The van der Waals surface area contributed by atoms with Crippen LogP contribution < -0.4 is 9.62 Å². The number of pyridine rings is 1. The Morgan fingerprint density at radius 2 is 1.60 bits per heavy atom. The van der Waals surface area contributed by atoms with Crippen LogP contribution in [0.2, 0.25) is 0 Å². The van der Waals surface area contributed by atoms with Gasteiger partial charge in [-0.2, -0.15) is 18.3 Å². The molecule has 0 aliphatic heterocycles. The molecular formula is C27H34F3N5O6S. The number of sulfonamides is 1. The minimum absolute atomic E-state index is 0.0808. The lowest BCUT2D eigenvalue weighted by atomic mass is 10.1. The number of aliphatic carboxylic acids is 1. The summed E-state index contributed by atoms with van der Waals surface area (Å²) < 4.78 is 62.4. The topological polar surface area (TPSA) is 155 Å². The van der Waals surface area contributed by atoms with Crippen molar-refractivity contribution in [1.82, 2.24) is 14.8 Å². The first-order valence-corrected chi connectivity index (χ1v) is 14.2. The molecule has 2 heterocycles. The molecule has 0 fully saturated rings. The minimum Gasteiger partial charge on any atom is -0.478 e. The SMILES string of the molecule is CCn1nc(C)c(CCN(C)c2ncc(NS(=O)(=O)c3c(C)cc(C)cc3C)cc2C(=O)O)c1C.O=C(O)C(F)(F)F. The number of benzene rings is 1. The molecule has 0 spiro atoms. The van der Waals surface area contributed by atoms with Crippen LogP contribution in [0.3, 0.4) is 0 Å². The molecule has 2 aromatic heterocycles. The van der Waals surface area contributed by atoms with Gasteiger partial charge < -0.3 is 15.1 Å². The zero-order chi connectivity index (χ0) is 32.2. The van der Waals surface area contributed by atoms with Crippen molar-refractivity contribution >= 4 is 33.5 Å². The number of hydrogen-bond acceptors (Lipinski definition) is 7. The Kier molecular flexibility index (Phi) is 10.7. The van der Waals surface area contributed by atoms with Gasteiger partial charge in [0.05, 0.1) is 22.5 Å². The van der Waals surface area contributed by atoms with Crippen LogP contribution in [0.25, 0.3) is 0 Å². The van der Waals surface area contributed by atoms with E-state index in [2.05, 4.69) is 14.8 Å². The first-order chi connectivity index (χ1) is 19.3. The third-order valence-corrected chi connectivity index (χ3v) is 8.04. The Morgan fingerprint density at radius 3 is 2.05 bits per heavy atom. The molecule has 3 rings (SSSR count). The Balaban J connectivity index is 0.000000782. The second kappa shape index (κ2) is 13.2. The Hall–Kier alpha value is -4.14. The first kappa shape index (κ1) is 34.1. The van der Waals surface area contributed by atoms with Gasteiger partial charge in [-0.15, -0.1) is 0 Å². The summed E-state index contributed by atoms with van der Waals surface area (Å²) in [6.07, 6.45) is -3.06. The highest BCUT2D eigenvalue weighted by molar-refractivity contribution is 7.92. The zero-order valence-corrected chi connectivity index (χ0v) is 25.1. The van der Waals surface area contributed by atoms with Gasteiger partial charge in [-0.05, 0) is 70.7 Å². The fourth-order valence-corrected chi connectivity index (χ4v) is 6.05. The van der Waals surface area contributed by atoms with Gasteiger partial charge in [-0.3, -0.25) is 9.40 Å². The predicted octanol–water partition coefficient (Wildman–Crippen LogP) is 4.65. The molecule has 3 N–H and O–H groups in total. The zero-order valence-electron chi connectivity index (χ0n) is 24.3. The number of carboxylic acid groups (broad SMARTS) is 2. The maximum Gasteiger partial charge on any atom is 0.490 e. The van der Waals surface area contributed by atoms with Gasteiger partial charge in [0, 0.05) is 25.8 Å². The van der Waals surface area contributed by atoms with Gasteiger partial charge in [-0.25, -0.2) is 23.0 Å². The lowest BCUT2D eigenvalue weighted by molar-refractivity contribution is -0.192. The number of alkyl halides is 3. The van der Waals surface area contributed by atoms with Gasteiger partial charge in [0.2, 0.25) is 0 Å². The maximum atomic E-state index is 13.1. The molecule has 0 saturated heterocycles. The second-order valence-corrected chi connectivity index (χ2v) is 11.3. The number of carboxylic acids is 2. The largest absolute Gasteiger partial charge is 0.490 e. The van der Waals surface area contributed by atoms with Crippen LogP contribution in [0.4, 0.5) is 24.7 Å². The van der Waals surface area contributed by atoms with Crippen LogP contribution in [0.15, 0.2) is 29.3 Å². The number of anilines is 2. The Morgan fingerprint density at radius 1 is 1.05 bits per heavy atom. The van der Waals surface area contributed by atoms with Crippen molar-refractivity contribution in [2.45, 2.75) is 65.6 Å². The molecular weight excluding hydrogens is 579 g/mol. The van der Waals surface area contributed by atoms with Gasteiger partial charge in [-0.1, -0.05) is 17.7 Å². The highest BCUT2D eigenvalue weighted by atomic mass is 32.2. The molecule has 0 aliphatic carbocycles. The maximum absolute atomic E-state index is 13.1.